The van der Waals surface area contributed by atoms with Crippen molar-refractivity contribution in [2.45, 2.75) is 0 Å². The molecule has 6 heteroatoms. The van der Waals surface area contributed by atoms with Crippen LogP contribution in [-0.4, -0.2) is 20.7 Å². The van der Waals surface area contributed by atoms with E-state index in [9.17, 15) is 4.79 Å². The van der Waals surface area contributed by atoms with Crippen molar-refractivity contribution in [3.63, 3.8) is 0 Å². The number of aryl methyl sites for hydroxylation is 1. The SMILES string of the molecule is Cn1cc(NC(=O)c2cc3cc(N)ccc3[nH]2)cn1. The first-order chi connectivity index (χ1) is 9.11. The Morgan fingerprint density at radius 3 is 3.00 bits per heavy atom. The Morgan fingerprint density at radius 2 is 2.26 bits per heavy atom. The summed E-state index contributed by atoms with van der Waals surface area (Å²) in [5.74, 6) is -0.206. The minimum atomic E-state index is -0.206. The van der Waals surface area contributed by atoms with Crippen LogP contribution in [0.15, 0.2) is 36.7 Å². The lowest BCUT2D eigenvalue weighted by Crippen LogP contribution is -2.11. The summed E-state index contributed by atoms with van der Waals surface area (Å²) in [7, 11) is 1.79. The third kappa shape index (κ3) is 2.15. The van der Waals surface area contributed by atoms with Crippen LogP contribution in [-0.2, 0) is 7.05 Å². The molecule has 2 heterocycles. The van der Waals surface area contributed by atoms with Gasteiger partial charge in [-0.05, 0) is 24.3 Å². The molecule has 0 radical (unpaired) electrons. The standard InChI is InChI=1S/C13H13N5O/c1-18-7-10(6-15-18)16-13(19)12-5-8-4-9(14)2-3-11(8)17-12/h2-7,17H,14H2,1H3,(H,16,19). The molecule has 1 aromatic carbocycles. The van der Waals surface area contributed by atoms with E-state index in [1.165, 1.54) is 0 Å². The second kappa shape index (κ2) is 4.16. The highest BCUT2D eigenvalue weighted by Crippen LogP contribution is 2.19. The third-order valence-corrected chi connectivity index (χ3v) is 2.85. The fourth-order valence-electron chi connectivity index (χ4n) is 1.96. The van der Waals surface area contributed by atoms with E-state index in [1.807, 2.05) is 12.1 Å². The first kappa shape index (κ1) is 11.3. The number of benzene rings is 1. The van der Waals surface area contributed by atoms with Gasteiger partial charge in [-0.3, -0.25) is 9.48 Å². The number of nitrogens with one attached hydrogen (secondary N) is 2. The van der Waals surface area contributed by atoms with E-state index >= 15 is 0 Å². The van der Waals surface area contributed by atoms with Gasteiger partial charge in [0, 0.05) is 29.8 Å². The number of carbonyl (C=O) groups excluding carboxylic acids is 1. The number of nitrogen functional groups attached to an aromatic ring is 1. The Balaban J connectivity index is 1.89. The quantitative estimate of drug-likeness (QED) is 0.609. The van der Waals surface area contributed by atoms with Crippen molar-refractivity contribution >= 4 is 28.2 Å². The number of H-pyrrole nitrogens is 1. The van der Waals surface area contributed by atoms with Gasteiger partial charge in [-0.1, -0.05) is 0 Å². The normalized spacial score (nSPS) is 10.8. The van der Waals surface area contributed by atoms with Crippen LogP contribution in [0.5, 0.6) is 0 Å². The fourth-order valence-corrected chi connectivity index (χ4v) is 1.96. The molecule has 0 bridgehead atoms. The minimum absolute atomic E-state index is 0.206. The predicted octanol–water partition coefficient (Wildman–Crippen LogP) is 1.74. The molecule has 6 nitrogen and oxygen atoms in total. The van der Waals surface area contributed by atoms with Crippen LogP contribution < -0.4 is 11.1 Å². The summed E-state index contributed by atoms with van der Waals surface area (Å²) in [5, 5.41) is 7.68. The van der Waals surface area contributed by atoms with Crippen molar-refractivity contribution in [1.29, 1.82) is 0 Å². The van der Waals surface area contributed by atoms with Gasteiger partial charge in [0.15, 0.2) is 0 Å². The molecule has 0 aliphatic heterocycles. The third-order valence-electron chi connectivity index (χ3n) is 2.85. The number of nitrogens with two attached hydrogens (primary N) is 1. The number of rotatable bonds is 2. The first-order valence-electron chi connectivity index (χ1n) is 5.80. The van der Waals surface area contributed by atoms with Gasteiger partial charge in [-0.15, -0.1) is 0 Å². The number of aromatic amines is 1. The molecule has 0 fully saturated rings. The summed E-state index contributed by atoms with van der Waals surface area (Å²) in [6.07, 6.45) is 3.33. The zero-order valence-electron chi connectivity index (χ0n) is 10.3. The lowest BCUT2D eigenvalue weighted by molar-refractivity contribution is 0.102. The van der Waals surface area contributed by atoms with Crippen LogP contribution >= 0.6 is 0 Å². The Hall–Kier alpha value is -2.76. The maximum absolute atomic E-state index is 12.1. The summed E-state index contributed by atoms with van der Waals surface area (Å²) < 4.78 is 1.63. The molecule has 0 aliphatic rings. The molecule has 0 saturated carbocycles. The Morgan fingerprint density at radius 1 is 1.42 bits per heavy atom. The summed E-state index contributed by atoms with van der Waals surface area (Å²) in [6.45, 7) is 0. The van der Waals surface area contributed by atoms with Gasteiger partial charge in [-0.25, -0.2) is 0 Å². The molecule has 0 unspecified atom stereocenters. The molecular weight excluding hydrogens is 242 g/mol. The summed E-state index contributed by atoms with van der Waals surface area (Å²) in [4.78, 5) is 15.1. The molecule has 2 aromatic heterocycles. The monoisotopic (exact) mass is 255 g/mol. The lowest BCUT2D eigenvalue weighted by Gasteiger charge is -1.98. The highest BCUT2D eigenvalue weighted by Gasteiger charge is 2.10. The van der Waals surface area contributed by atoms with Crippen molar-refractivity contribution in [3.05, 3.63) is 42.4 Å². The van der Waals surface area contributed by atoms with Gasteiger partial charge in [0.25, 0.3) is 5.91 Å². The molecule has 0 spiro atoms. The zero-order chi connectivity index (χ0) is 13.4. The van der Waals surface area contributed by atoms with Crippen LogP contribution in [0.25, 0.3) is 10.9 Å². The fraction of sp³-hybridized carbons (Fsp3) is 0.0769. The number of aromatic nitrogens is 3. The maximum Gasteiger partial charge on any atom is 0.272 e. The smallest absolute Gasteiger partial charge is 0.272 e. The van der Waals surface area contributed by atoms with Crippen molar-refractivity contribution in [1.82, 2.24) is 14.8 Å². The average molecular weight is 255 g/mol. The molecule has 0 atom stereocenters. The van der Waals surface area contributed by atoms with E-state index in [0.717, 1.165) is 10.9 Å². The molecule has 4 N–H and O–H groups in total. The highest BCUT2D eigenvalue weighted by molar-refractivity contribution is 6.06. The Bertz CT molecular complexity index is 755. The number of fused-ring (bicyclic) bond motifs is 1. The Labute approximate surface area is 109 Å². The van der Waals surface area contributed by atoms with E-state index < -0.39 is 0 Å². The lowest BCUT2D eigenvalue weighted by atomic mass is 10.2. The summed E-state index contributed by atoms with van der Waals surface area (Å²) >= 11 is 0. The number of hydrogen-bond acceptors (Lipinski definition) is 3. The van der Waals surface area contributed by atoms with Gasteiger partial charge in [0.05, 0.1) is 11.9 Å². The van der Waals surface area contributed by atoms with Gasteiger partial charge in [0.2, 0.25) is 0 Å². The van der Waals surface area contributed by atoms with E-state index in [2.05, 4.69) is 15.4 Å². The van der Waals surface area contributed by atoms with Gasteiger partial charge in [-0.2, -0.15) is 5.10 Å². The molecule has 0 saturated heterocycles. The van der Waals surface area contributed by atoms with Crippen molar-refractivity contribution in [3.8, 4) is 0 Å². The number of carbonyl (C=O) groups is 1. The number of nitrogens with zero attached hydrogens (tertiary/aromatic N) is 2. The largest absolute Gasteiger partial charge is 0.399 e. The van der Waals surface area contributed by atoms with Crippen LogP contribution in [0.4, 0.5) is 11.4 Å². The number of amides is 1. The van der Waals surface area contributed by atoms with E-state index in [0.29, 0.717) is 17.1 Å². The van der Waals surface area contributed by atoms with Crippen molar-refractivity contribution < 1.29 is 4.79 Å². The first-order valence-corrected chi connectivity index (χ1v) is 5.80. The molecule has 96 valence electrons. The molecule has 3 aromatic rings. The van der Waals surface area contributed by atoms with Crippen molar-refractivity contribution in [2.75, 3.05) is 11.1 Å². The van der Waals surface area contributed by atoms with Crippen LogP contribution in [0.2, 0.25) is 0 Å². The second-order valence-corrected chi connectivity index (χ2v) is 4.39. The molecule has 1 amide bonds. The summed E-state index contributed by atoms with van der Waals surface area (Å²) in [6, 6.07) is 7.25. The predicted molar refractivity (Wildman–Crippen MR) is 73.9 cm³/mol. The topological polar surface area (TPSA) is 88.7 Å². The Kier molecular flexibility index (Phi) is 2.49. The van der Waals surface area contributed by atoms with E-state index in [1.54, 1.807) is 36.3 Å². The number of anilines is 2. The molecule has 3 rings (SSSR count). The van der Waals surface area contributed by atoms with Gasteiger partial charge in [0.1, 0.15) is 5.69 Å². The van der Waals surface area contributed by atoms with Crippen LogP contribution in [0.3, 0.4) is 0 Å². The highest BCUT2D eigenvalue weighted by atomic mass is 16.1. The van der Waals surface area contributed by atoms with Crippen molar-refractivity contribution in [2.24, 2.45) is 7.05 Å². The zero-order valence-corrected chi connectivity index (χ0v) is 10.3. The van der Waals surface area contributed by atoms with Gasteiger partial charge < -0.3 is 16.0 Å². The van der Waals surface area contributed by atoms with Gasteiger partial charge >= 0.3 is 0 Å². The second-order valence-electron chi connectivity index (χ2n) is 4.39. The number of hydrogen-bond donors (Lipinski definition) is 3. The maximum atomic E-state index is 12.1. The van der Waals surface area contributed by atoms with E-state index in [4.69, 9.17) is 5.73 Å². The summed E-state index contributed by atoms with van der Waals surface area (Å²) in [5.41, 5.74) is 8.41. The minimum Gasteiger partial charge on any atom is -0.399 e. The molecule has 0 aliphatic carbocycles. The van der Waals surface area contributed by atoms with Crippen LogP contribution in [0.1, 0.15) is 10.5 Å². The van der Waals surface area contributed by atoms with Crippen LogP contribution in [0, 0.1) is 0 Å². The molecule has 19 heavy (non-hydrogen) atoms. The molecular formula is C13H13N5O. The average Bonchev–Trinajstić information content (AvgIpc) is 2.95. The van der Waals surface area contributed by atoms with E-state index in [-0.39, 0.29) is 5.91 Å².